The molecule has 0 aliphatic carbocycles. The third-order valence-electron chi connectivity index (χ3n) is 4.61. The van der Waals surface area contributed by atoms with E-state index in [-0.39, 0.29) is 17.2 Å². The van der Waals surface area contributed by atoms with Gasteiger partial charge >= 0.3 is 5.97 Å². The zero-order valence-corrected chi connectivity index (χ0v) is 18.2. The van der Waals surface area contributed by atoms with Crippen molar-refractivity contribution in [2.24, 2.45) is 0 Å². The van der Waals surface area contributed by atoms with Crippen LogP contribution in [0, 0.1) is 0 Å². The van der Waals surface area contributed by atoms with Gasteiger partial charge in [-0.1, -0.05) is 11.6 Å². The van der Waals surface area contributed by atoms with Crippen LogP contribution in [0.15, 0.2) is 36.4 Å². The molecule has 0 bridgehead atoms. The molecule has 0 amide bonds. The van der Waals surface area contributed by atoms with Gasteiger partial charge in [-0.15, -0.1) is 0 Å². The van der Waals surface area contributed by atoms with Crippen molar-refractivity contribution in [3.63, 3.8) is 0 Å². The molecular formula is C21H23ClN2O4S. The summed E-state index contributed by atoms with van der Waals surface area (Å²) in [5.74, 6) is 1.03. The third-order valence-corrected chi connectivity index (χ3v) is 5.16. The van der Waals surface area contributed by atoms with E-state index < -0.39 is 5.97 Å². The minimum atomic E-state index is -0.510. The number of rotatable bonds is 4. The second-order valence-corrected chi connectivity index (χ2v) is 8.12. The third kappa shape index (κ3) is 4.92. The van der Waals surface area contributed by atoms with Gasteiger partial charge in [0.25, 0.3) is 0 Å². The fraction of sp³-hybridized carbons (Fsp3) is 0.333. The normalized spacial score (nSPS) is 16.8. The van der Waals surface area contributed by atoms with Gasteiger partial charge in [0.05, 0.1) is 30.8 Å². The SMILES string of the molecule is COC(=O)c1cc(NC(=S)N[C@@H]2CC(C)(C)Oc3ccc(OC)cc32)ccc1Cl. The fourth-order valence-electron chi connectivity index (χ4n) is 3.28. The van der Waals surface area contributed by atoms with Crippen LogP contribution in [0.1, 0.15) is 42.2 Å². The zero-order valence-electron chi connectivity index (χ0n) is 16.7. The predicted octanol–water partition coefficient (Wildman–Crippen LogP) is 4.72. The lowest BCUT2D eigenvalue weighted by molar-refractivity contribution is 0.0600. The first-order chi connectivity index (χ1) is 13.7. The Bertz CT molecular complexity index is 948. The van der Waals surface area contributed by atoms with Crippen LogP contribution in [0.2, 0.25) is 5.02 Å². The second kappa shape index (κ2) is 8.47. The average Bonchev–Trinajstić information content (AvgIpc) is 2.67. The Morgan fingerprint density at radius 3 is 2.69 bits per heavy atom. The van der Waals surface area contributed by atoms with E-state index in [1.165, 1.54) is 7.11 Å². The van der Waals surface area contributed by atoms with Crippen LogP contribution in [0.3, 0.4) is 0 Å². The second-order valence-electron chi connectivity index (χ2n) is 7.31. The minimum absolute atomic E-state index is 0.0729. The molecule has 154 valence electrons. The first-order valence-corrected chi connectivity index (χ1v) is 9.83. The van der Waals surface area contributed by atoms with Crippen LogP contribution in [-0.4, -0.2) is 30.9 Å². The molecule has 0 saturated heterocycles. The molecule has 2 aromatic rings. The molecule has 0 saturated carbocycles. The summed E-state index contributed by atoms with van der Waals surface area (Å²) >= 11 is 11.6. The summed E-state index contributed by atoms with van der Waals surface area (Å²) in [4.78, 5) is 11.8. The molecule has 1 heterocycles. The summed E-state index contributed by atoms with van der Waals surface area (Å²) < 4.78 is 16.2. The van der Waals surface area contributed by atoms with Gasteiger partial charge in [-0.2, -0.15) is 0 Å². The molecule has 8 heteroatoms. The Hall–Kier alpha value is -2.51. The monoisotopic (exact) mass is 434 g/mol. The van der Waals surface area contributed by atoms with E-state index in [0.717, 1.165) is 17.1 Å². The maximum atomic E-state index is 11.8. The maximum Gasteiger partial charge on any atom is 0.339 e. The molecule has 1 aliphatic rings. The van der Waals surface area contributed by atoms with Crippen LogP contribution in [0.5, 0.6) is 11.5 Å². The number of thiocarbonyl (C=S) groups is 1. The number of methoxy groups -OCH3 is 2. The van der Waals surface area contributed by atoms with Crippen molar-refractivity contribution in [1.82, 2.24) is 5.32 Å². The zero-order chi connectivity index (χ0) is 21.2. The number of nitrogens with one attached hydrogen (secondary N) is 2. The molecule has 3 rings (SSSR count). The van der Waals surface area contributed by atoms with Gasteiger partial charge in [0, 0.05) is 17.7 Å². The highest BCUT2D eigenvalue weighted by atomic mass is 35.5. The molecule has 0 fully saturated rings. The van der Waals surface area contributed by atoms with Gasteiger partial charge in [-0.3, -0.25) is 0 Å². The lowest BCUT2D eigenvalue weighted by Gasteiger charge is -2.38. The summed E-state index contributed by atoms with van der Waals surface area (Å²) in [7, 11) is 2.94. The highest BCUT2D eigenvalue weighted by Gasteiger charge is 2.34. The number of hydrogen-bond donors (Lipinski definition) is 2. The van der Waals surface area contributed by atoms with Crippen molar-refractivity contribution < 1.29 is 19.0 Å². The maximum absolute atomic E-state index is 11.8. The van der Waals surface area contributed by atoms with Crippen molar-refractivity contribution in [3.8, 4) is 11.5 Å². The van der Waals surface area contributed by atoms with Crippen LogP contribution < -0.4 is 20.1 Å². The number of fused-ring (bicyclic) bond motifs is 1. The summed E-state index contributed by atoms with van der Waals surface area (Å²) in [6, 6.07) is 10.6. The Morgan fingerprint density at radius 2 is 2.00 bits per heavy atom. The number of benzene rings is 2. The number of ether oxygens (including phenoxy) is 3. The van der Waals surface area contributed by atoms with E-state index in [0.29, 0.717) is 22.2 Å². The number of esters is 1. The number of halogens is 1. The van der Waals surface area contributed by atoms with Crippen LogP contribution in [0.25, 0.3) is 0 Å². The summed E-state index contributed by atoms with van der Waals surface area (Å²) in [6.45, 7) is 4.07. The van der Waals surface area contributed by atoms with Crippen LogP contribution >= 0.6 is 23.8 Å². The first kappa shape index (κ1) is 21.2. The topological polar surface area (TPSA) is 68.8 Å². The van der Waals surface area contributed by atoms with Gasteiger partial charge in [0.1, 0.15) is 17.1 Å². The molecule has 29 heavy (non-hydrogen) atoms. The lowest BCUT2D eigenvalue weighted by atomic mass is 9.89. The standard InChI is InChI=1S/C21H23ClN2O4S/c1-21(2)11-17(15-10-13(26-3)6-8-18(15)28-21)24-20(29)23-12-5-7-16(22)14(9-12)19(25)27-4/h5-10,17H,11H2,1-4H3,(H2,23,24,29)/t17-/m1/s1. The van der Waals surface area contributed by atoms with Crippen molar-refractivity contribution in [2.45, 2.75) is 31.9 Å². The van der Waals surface area contributed by atoms with Crippen molar-refractivity contribution in [1.29, 1.82) is 0 Å². The Morgan fingerprint density at radius 1 is 1.24 bits per heavy atom. The van der Waals surface area contributed by atoms with E-state index in [1.54, 1.807) is 25.3 Å². The quantitative estimate of drug-likeness (QED) is 0.532. The van der Waals surface area contributed by atoms with Crippen LogP contribution in [-0.2, 0) is 4.74 Å². The Labute approximate surface area is 180 Å². The Balaban J connectivity index is 1.80. The number of carbonyl (C=O) groups excluding carboxylic acids is 1. The molecule has 1 aliphatic heterocycles. The Kier molecular flexibility index (Phi) is 6.19. The van der Waals surface area contributed by atoms with Crippen molar-refractivity contribution >= 4 is 40.6 Å². The lowest BCUT2D eigenvalue weighted by Crippen LogP contribution is -2.42. The van der Waals surface area contributed by atoms with Crippen molar-refractivity contribution in [3.05, 3.63) is 52.5 Å². The van der Waals surface area contributed by atoms with E-state index in [4.69, 9.17) is 38.0 Å². The van der Waals surface area contributed by atoms with Gasteiger partial charge in [-0.05, 0) is 62.5 Å². The number of hydrogen-bond acceptors (Lipinski definition) is 5. The highest BCUT2D eigenvalue weighted by Crippen LogP contribution is 2.41. The molecule has 0 radical (unpaired) electrons. The van der Waals surface area contributed by atoms with Crippen molar-refractivity contribution in [2.75, 3.05) is 19.5 Å². The van der Waals surface area contributed by atoms with Gasteiger partial charge in [0.15, 0.2) is 5.11 Å². The van der Waals surface area contributed by atoms with Gasteiger partial charge in [0.2, 0.25) is 0 Å². The van der Waals surface area contributed by atoms with E-state index in [2.05, 4.69) is 10.6 Å². The largest absolute Gasteiger partial charge is 0.497 e. The molecule has 6 nitrogen and oxygen atoms in total. The molecule has 2 aromatic carbocycles. The predicted molar refractivity (Wildman–Crippen MR) is 117 cm³/mol. The smallest absolute Gasteiger partial charge is 0.339 e. The van der Waals surface area contributed by atoms with Gasteiger partial charge in [-0.25, -0.2) is 4.79 Å². The first-order valence-electron chi connectivity index (χ1n) is 9.05. The van der Waals surface area contributed by atoms with Gasteiger partial charge < -0.3 is 24.8 Å². The van der Waals surface area contributed by atoms with E-state index in [9.17, 15) is 4.79 Å². The van der Waals surface area contributed by atoms with Crippen LogP contribution in [0.4, 0.5) is 5.69 Å². The summed E-state index contributed by atoms with van der Waals surface area (Å²) in [5, 5.41) is 7.18. The molecule has 0 aromatic heterocycles. The summed E-state index contributed by atoms with van der Waals surface area (Å²) in [6.07, 6.45) is 0.711. The van der Waals surface area contributed by atoms with E-state index in [1.807, 2.05) is 32.0 Å². The highest BCUT2D eigenvalue weighted by molar-refractivity contribution is 7.80. The number of anilines is 1. The molecule has 2 N–H and O–H groups in total. The molecule has 0 unspecified atom stereocenters. The minimum Gasteiger partial charge on any atom is -0.497 e. The fourth-order valence-corrected chi connectivity index (χ4v) is 3.74. The average molecular weight is 435 g/mol. The van der Waals surface area contributed by atoms with E-state index >= 15 is 0 Å². The summed E-state index contributed by atoms with van der Waals surface area (Å²) in [5.41, 5.74) is 1.51. The molecule has 1 atom stereocenters. The molecule has 0 spiro atoms. The number of carbonyl (C=O) groups is 1. The molecular weight excluding hydrogens is 412 g/mol.